The van der Waals surface area contributed by atoms with Gasteiger partial charge >= 0.3 is 6.47 Å². The van der Waals surface area contributed by atoms with Crippen LogP contribution < -0.4 is 4.74 Å². The number of hydrogen-bond acceptors (Lipinski definition) is 2. The number of rotatable bonds is 8. The third kappa shape index (κ3) is 4.96. The normalized spacial score (nSPS) is 10.1. The Labute approximate surface area is 97.6 Å². The van der Waals surface area contributed by atoms with Crippen LogP contribution in [-0.2, 0) is 11.2 Å². The van der Waals surface area contributed by atoms with E-state index in [2.05, 4.69) is 11.7 Å². The summed E-state index contributed by atoms with van der Waals surface area (Å²) in [5.41, 5.74) is 1.30. The van der Waals surface area contributed by atoms with Crippen molar-refractivity contribution < 1.29 is 9.53 Å². The molecule has 0 N–H and O–H groups in total. The number of unbranched alkanes of at least 4 members (excludes halogenated alkanes) is 4. The minimum Gasteiger partial charge on any atom is -0.418 e. The lowest BCUT2D eigenvalue weighted by molar-refractivity contribution is 0.442. The second-order valence-electron chi connectivity index (χ2n) is 3.99. The van der Waals surface area contributed by atoms with Gasteiger partial charge in [-0.1, -0.05) is 44.7 Å². The fourth-order valence-electron chi connectivity index (χ4n) is 1.70. The Kier molecular flexibility index (Phi) is 6.31. The molecule has 0 unspecified atom stereocenters. The van der Waals surface area contributed by atoms with E-state index in [0.717, 1.165) is 6.42 Å². The largest absolute Gasteiger partial charge is 0.423 e. The lowest BCUT2D eigenvalue weighted by Gasteiger charge is -2.02. The van der Waals surface area contributed by atoms with E-state index in [4.69, 9.17) is 0 Å². The summed E-state index contributed by atoms with van der Waals surface area (Å²) in [4.78, 5) is 9.98. The first kappa shape index (κ1) is 12.8. The Bertz CT molecular complexity index is 290. The zero-order chi connectivity index (χ0) is 11.6. The maximum absolute atomic E-state index is 9.98. The smallest absolute Gasteiger partial charge is 0.418 e. The Balaban J connectivity index is 2.23. The number of hydrogen-bond donors (Lipinski definition) is 0. The zero-order valence-corrected chi connectivity index (χ0v) is 9.87. The van der Waals surface area contributed by atoms with Crippen LogP contribution in [0.15, 0.2) is 24.3 Å². The standard InChI is InChI=1S/C14H19O2/c1-2-3-4-5-6-7-13-8-10-14(11-9-13)16-12-15/h8-11H,2-7H2,1H3. The molecule has 0 fully saturated rings. The second kappa shape index (κ2) is 7.91. The summed E-state index contributed by atoms with van der Waals surface area (Å²) >= 11 is 0. The summed E-state index contributed by atoms with van der Waals surface area (Å²) in [6.45, 7) is 3.64. The molecule has 2 heteroatoms. The maximum Gasteiger partial charge on any atom is 0.423 e. The van der Waals surface area contributed by atoms with Gasteiger partial charge in [0, 0.05) is 0 Å². The fraction of sp³-hybridized carbons (Fsp3) is 0.500. The molecule has 1 radical (unpaired) electrons. The van der Waals surface area contributed by atoms with Crippen LogP contribution in [0.25, 0.3) is 0 Å². The molecule has 1 aromatic rings. The Morgan fingerprint density at radius 3 is 2.38 bits per heavy atom. The highest BCUT2D eigenvalue weighted by atomic mass is 16.5. The van der Waals surface area contributed by atoms with Gasteiger partial charge in [-0.3, -0.25) is 0 Å². The van der Waals surface area contributed by atoms with Crippen LogP contribution in [0.5, 0.6) is 5.75 Å². The molecule has 87 valence electrons. The number of benzene rings is 1. The van der Waals surface area contributed by atoms with Crippen molar-refractivity contribution in [3.8, 4) is 5.75 Å². The number of aryl methyl sites for hydroxylation is 1. The third-order valence-corrected chi connectivity index (χ3v) is 2.65. The predicted octanol–water partition coefficient (Wildman–Crippen LogP) is 3.65. The summed E-state index contributed by atoms with van der Waals surface area (Å²) in [5.74, 6) is 0.560. The highest BCUT2D eigenvalue weighted by Gasteiger charge is 1.96. The maximum atomic E-state index is 9.98. The van der Waals surface area contributed by atoms with E-state index >= 15 is 0 Å². The lowest BCUT2D eigenvalue weighted by atomic mass is 10.1. The van der Waals surface area contributed by atoms with Crippen LogP contribution in [0.4, 0.5) is 0 Å². The summed E-state index contributed by atoms with van der Waals surface area (Å²) in [6, 6.07) is 7.64. The molecular formula is C14H19O2. The summed E-state index contributed by atoms with van der Waals surface area (Å²) in [7, 11) is 0. The molecule has 0 spiro atoms. The van der Waals surface area contributed by atoms with Gasteiger partial charge in [-0.2, -0.15) is 0 Å². The summed E-state index contributed by atoms with van der Waals surface area (Å²) in [6.07, 6.45) is 7.59. The Hall–Kier alpha value is -1.31. The van der Waals surface area contributed by atoms with Gasteiger partial charge in [-0.05, 0) is 30.5 Å². The van der Waals surface area contributed by atoms with E-state index in [-0.39, 0.29) is 0 Å². The van der Waals surface area contributed by atoms with Gasteiger partial charge < -0.3 is 4.74 Å². The van der Waals surface area contributed by atoms with Gasteiger partial charge in [-0.25, -0.2) is 4.79 Å². The van der Waals surface area contributed by atoms with Crippen molar-refractivity contribution in [2.24, 2.45) is 0 Å². The Morgan fingerprint density at radius 2 is 1.75 bits per heavy atom. The van der Waals surface area contributed by atoms with Crippen LogP contribution in [0.1, 0.15) is 44.6 Å². The third-order valence-electron chi connectivity index (χ3n) is 2.65. The molecule has 0 amide bonds. The first-order chi connectivity index (χ1) is 7.86. The SMILES string of the molecule is CCCCCCCc1ccc(O[C]=O)cc1. The van der Waals surface area contributed by atoms with E-state index in [9.17, 15) is 4.79 Å². The molecule has 0 aliphatic rings. The van der Waals surface area contributed by atoms with Crippen molar-refractivity contribution in [2.45, 2.75) is 45.4 Å². The first-order valence-electron chi connectivity index (χ1n) is 5.99. The topological polar surface area (TPSA) is 26.3 Å². The van der Waals surface area contributed by atoms with Gasteiger partial charge in [0.15, 0.2) is 0 Å². The molecule has 0 aliphatic carbocycles. The molecule has 0 saturated heterocycles. The van der Waals surface area contributed by atoms with Gasteiger partial charge in [0.2, 0.25) is 0 Å². The van der Waals surface area contributed by atoms with Gasteiger partial charge in [-0.15, -0.1) is 0 Å². The first-order valence-corrected chi connectivity index (χ1v) is 5.99. The average Bonchev–Trinajstić information content (AvgIpc) is 2.31. The monoisotopic (exact) mass is 219 g/mol. The van der Waals surface area contributed by atoms with Gasteiger partial charge in [0.1, 0.15) is 5.75 Å². The molecule has 1 aromatic carbocycles. The van der Waals surface area contributed by atoms with Crippen molar-refractivity contribution in [2.75, 3.05) is 0 Å². The molecule has 0 atom stereocenters. The zero-order valence-electron chi connectivity index (χ0n) is 9.87. The van der Waals surface area contributed by atoms with E-state index in [0.29, 0.717) is 5.75 Å². The van der Waals surface area contributed by atoms with Crippen molar-refractivity contribution in [3.05, 3.63) is 29.8 Å². The molecule has 16 heavy (non-hydrogen) atoms. The molecule has 0 aromatic heterocycles. The van der Waals surface area contributed by atoms with Crippen molar-refractivity contribution in [1.29, 1.82) is 0 Å². The predicted molar refractivity (Wildman–Crippen MR) is 65.2 cm³/mol. The van der Waals surface area contributed by atoms with Crippen molar-refractivity contribution in [1.82, 2.24) is 0 Å². The molecule has 0 saturated carbocycles. The van der Waals surface area contributed by atoms with Gasteiger partial charge in [0.25, 0.3) is 0 Å². The minimum atomic E-state index is 0.560. The molecule has 0 heterocycles. The van der Waals surface area contributed by atoms with Crippen molar-refractivity contribution in [3.63, 3.8) is 0 Å². The molecule has 0 bridgehead atoms. The highest BCUT2D eigenvalue weighted by molar-refractivity contribution is 5.46. The van der Waals surface area contributed by atoms with E-state index < -0.39 is 0 Å². The average molecular weight is 219 g/mol. The van der Waals surface area contributed by atoms with E-state index in [1.807, 2.05) is 24.3 Å². The summed E-state index contributed by atoms with van der Waals surface area (Å²) < 4.78 is 4.61. The number of carbonyl (C=O) groups excluding carboxylic acids is 1. The van der Waals surface area contributed by atoms with Crippen LogP contribution in [0.2, 0.25) is 0 Å². The lowest BCUT2D eigenvalue weighted by Crippen LogP contribution is -1.90. The van der Waals surface area contributed by atoms with Crippen molar-refractivity contribution >= 4 is 6.47 Å². The molecule has 2 nitrogen and oxygen atoms in total. The fourth-order valence-corrected chi connectivity index (χ4v) is 1.70. The van der Waals surface area contributed by atoms with E-state index in [1.165, 1.54) is 44.1 Å². The van der Waals surface area contributed by atoms with Crippen LogP contribution in [0.3, 0.4) is 0 Å². The van der Waals surface area contributed by atoms with Crippen LogP contribution >= 0.6 is 0 Å². The van der Waals surface area contributed by atoms with Gasteiger partial charge in [0.05, 0.1) is 0 Å². The second-order valence-corrected chi connectivity index (χ2v) is 3.99. The molecule has 0 aliphatic heterocycles. The summed E-state index contributed by atoms with van der Waals surface area (Å²) in [5, 5.41) is 0. The molecule has 1 rings (SSSR count). The Morgan fingerprint density at radius 1 is 1.06 bits per heavy atom. The van der Waals surface area contributed by atoms with E-state index in [1.54, 1.807) is 0 Å². The van der Waals surface area contributed by atoms with Crippen LogP contribution in [0, 0.1) is 0 Å². The highest BCUT2D eigenvalue weighted by Crippen LogP contribution is 2.14. The quantitative estimate of drug-likeness (QED) is 0.624. The molecular weight excluding hydrogens is 200 g/mol. The minimum absolute atomic E-state index is 0.560. The van der Waals surface area contributed by atoms with Crippen LogP contribution in [-0.4, -0.2) is 6.47 Å². The number of ether oxygens (including phenoxy) is 1.